The van der Waals surface area contributed by atoms with E-state index in [1.54, 1.807) is 0 Å². The maximum absolute atomic E-state index is 11.9. The molecule has 0 amide bonds. The van der Waals surface area contributed by atoms with Crippen molar-refractivity contribution in [2.24, 2.45) is 16.8 Å². The van der Waals surface area contributed by atoms with E-state index >= 15 is 0 Å². The summed E-state index contributed by atoms with van der Waals surface area (Å²) in [4.78, 5) is 2.09. The van der Waals surface area contributed by atoms with E-state index in [0.29, 0.717) is 13.0 Å². The number of oxime groups is 1. The molecule has 14 heavy (non-hydrogen) atoms. The molecule has 0 aliphatic heterocycles. The lowest BCUT2D eigenvalue weighted by atomic mass is 10.1. The zero-order valence-electron chi connectivity index (χ0n) is 8.91. The van der Waals surface area contributed by atoms with E-state index in [1.165, 1.54) is 0 Å². The van der Waals surface area contributed by atoms with Crippen LogP contribution in [0.3, 0.4) is 0 Å². The molecule has 0 fully saturated rings. The molecule has 0 aromatic rings. The van der Waals surface area contributed by atoms with Crippen LogP contribution in [0.4, 0.5) is 4.39 Å². The normalized spacial score (nSPS) is 14.7. The van der Waals surface area contributed by atoms with Crippen molar-refractivity contribution in [1.82, 2.24) is 4.90 Å². The van der Waals surface area contributed by atoms with Gasteiger partial charge in [-0.1, -0.05) is 19.0 Å². The van der Waals surface area contributed by atoms with E-state index in [2.05, 4.69) is 10.1 Å². The van der Waals surface area contributed by atoms with E-state index in [-0.39, 0.29) is 18.4 Å². The topological polar surface area (TPSA) is 61.8 Å². The zero-order valence-corrected chi connectivity index (χ0v) is 8.91. The van der Waals surface area contributed by atoms with E-state index in [0.717, 1.165) is 13.1 Å². The van der Waals surface area contributed by atoms with E-state index in [4.69, 9.17) is 10.9 Å². The fourth-order valence-electron chi connectivity index (χ4n) is 1.24. The largest absolute Gasteiger partial charge is 0.409 e. The Morgan fingerprint density at radius 1 is 1.64 bits per heavy atom. The molecule has 84 valence electrons. The Balaban J connectivity index is 3.91. The average molecular weight is 205 g/mol. The highest BCUT2D eigenvalue weighted by Crippen LogP contribution is 2.01. The Labute approximate surface area is 84.6 Å². The van der Waals surface area contributed by atoms with Crippen molar-refractivity contribution in [3.05, 3.63) is 0 Å². The lowest BCUT2D eigenvalue weighted by molar-refractivity contribution is 0.252. The highest BCUT2D eigenvalue weighted by atomic mass is 19.1. The van der Waals surface area contributed by atoms with Crippen LogP contribution in [0.5, 0.6) is 0 Å². The molecule has 1 unspecified atom stereocenters. The van der Waals surface area contributed by atoms with Gasteiger partial charge < -0.3 is 15.8 Å². The highest BCUT2D eigenvalue weighted by molar-refractivity contribution is 5.82. The molecule has 0 spiro atoms. The van der Waals surface area contributed by atoms with Gasteiger partial charge in [0, 0.05) is 19.0 Å². The number of hydrogen-bond donors (Lipinski definition) is 2. The van der Waals surface area contributed by atoms with Crippen LogP contribution in [0.1, 0.15) is 20.3 Å². The molecule has 0 saturated heterocycles. The SMILES string of the molecule is CCN(CCCF)CC(C)C(N)=NO. The summed E-state index contributed by atoms with van der Waals surface area (Å²) in [5.41, 5.74) is 5.45. The third kappa shape index (κ3) is 5.01. The van der Waals surface area contributed by atoms with Crippen LogP contribution in [0.15, 0.2) is 5.16 Å². The van der Waals surface area contributed by atoms with Gasteiger partial charge in [-0.2, -0.15) is 0 Å². The molecule has 1 atom stereocenters. The minimum atomic E-state index is -0.297. The number of nitrogens with two attached hydrogens (primary N) is 1. The van der Waals surface area contributed by atoms with Crippen LogP contribution in [0.25, 0.3) is 0 Å². The van der Waals surface area contributed by atoms with Gasteiger partial charge in [0.2, 0.25) is 0 Å². The highest BCUT2D eigenvalue weighted by Gasteiger charge is 2.11. The second-order valence-corrected chi connectivity index (χ2v) is 3.36. The van der Waals surface area contributed by atoms with Crippen molar-refractivity contribution in [2.75, 3.05) is 26.3 Å². The van der Waals surface area contributed by atoms with Crippen molar-refractivity contribution in [3.8, 4) is 0 Å². The standard InChI is InChI=1S/C9H20FN3O/c1-3-13(6-4-5-10)7-8(2)9(11)12-14/h8,14H,3-7H2,1-2H3,(H2,11,12). The molecule has 4 nitrogen and oxygen atoms in total. The monoisotopic (exact) mass is 205 g/mol. The summed E-state index contributed by atoms with van der Waals surface area (Å²) in [5, 5.41) is 11.4. The summed E-state index contributed by atoms with van der Waals surface area (Å²) in [6.07, 6.45) is 0.538. The first-order valence-electron chi connectivity index (χ1n) is 4.91. The van der Waals surface area contributed by atoms with Crippen LogP contribution in [-0.4, -0.2) is 42.3 Å². The van der Waals surface area contributed by atoms with Gasteiger partial charge in [-0.25, -0.2) is 0 Å². The van der Waals surface area contributed by atoms with Crippen molar-refractivity contribution in [2.45, 2.75) is 20.3 Å². The van der Waals surface area contributed by atoms with Crippen molar-refractivity contribution < 1.29 is 9.60 Å². The Kier molecular flexibility index (Phi) is 7.10. The van der Waals surface area contributed by atoms with Crippen LogP contribution < -0.4 is 5.73 Å². The van der Waals surface area contributed by atoms with Gasteiger partial charge >= 0.3 is 0 Å². The molecular formula is C9H20FN3O. The quantitative estimate of drug-likeness (QED) is 0.283. The number of nitrogens with zero attached hydrogens (tertiary/aromatic N) is 2. The molecule has 0 saturated carbocycles. The number of halogens is 1. The van der Waals surface area contributed by atoms with Crippen LogP contribution >= 0.6 is 0 Å². The minimum Gasteiger partial charge on any atom is -0.409 e. The third-order valence-corrected chi connectivity index (χ3v) is 2.21. The molecule has 0 bridgehead atoms. The molecule has 0 radical (unpaired) electrons. The summed E-state index contributed by atoms with van der Waals surface area (Å²) in [7, 11) is 0. The zero-order chi connectivity index (χ0) is 11.0. The first kappa shape index (κ1) is 13.2. The number of alkyl halides is 1. The summed E-state index contributed by atoms with van der Waals surface area (Å²) in [5.74, 6) is 0.225. The number of rotatable bonds is 7. The maximum atomic E-state index is 11.9. The smallest absolute Gasteiger partial charge is 0.143 e. The molecule has 0 heterocycles. The molecule has 5 heteroatoms. The van der Waals surface area contributed by atoms with E-state index in [9.17, 15) is 4.39 Å². The lowest BCUT2D eigenvalue weighted by Crippen LogP contribution is -2.35. The Bertz CT molecular complexity index is 175. The molecule has 0 aromatic carbocycles. The van der Waals surface area contributed by atoms with Crippen molar-refractivity contribution in [1.29, 1.82) is 0 Å². The van der Waals surface area contributed by atoms with Crippen LogP contribution in [0, 0.1) is 5.92 Å². The first-order valence-corrected chi connectivity index (χ1v) is 4.91. The van der Waals surface area contributed by atoms with Gasteiger partial charge in [-0.3, -0.25) is 4.39 Å². The van der Waals surface area contributed by atoms with Gasteiger partial charge in [-0.15, -0.1) is 0 Å². The second kappa shape index (κ2) is 7.55. The van der Waals surface area contributed by atoms with E-state index in [1.807, 2.05) is 13.8 Å². The maximum Gasteiger partial charge on any atom is 0.143 e. The number of hydrogen-bond acceptors (Lipinski definition) is 3. The summed E-state index contributed by atoms with van der Waals surface area (Å²) in [6.45, 7) is 5.87. The third-order valence-electron chi connectivity index (χ3n) is 2.21. The van der Waals surface area contributed by atoms with Crippen LogP contribution in [0.2, 0.25) is 0 Å². The molecule has 3 N–H and O–H groups in total. The Hall–Kier alpha value is -0.840. The fourth-order valence-corrected chi connectivity index (χ4v) is 1.24. The first-order chi connectivity index (χ1) is 6.65. The lowest BCUT2D eigenvalue weighted by Gasteiger charge is -2.22. The molecule has 0 aliphatic carbocycles. The summed E-state index contributed by atoms with van der Waals surface area (Å²) < 4.78 is 11.9. The second-order valence-electron chi connectivity index (χ2n) is 3.36. The van der Waals surface area contributed by atoms with Crippen LogP contribution in [-0.2, 0) is 0 Å². The Morgan fingerprint density at radius 2 is 2.29 bits per heavy atom. The van der Waals surface area contributed by atoms with Crippen molar-refractivity contribution >= 4 is 5.84 Å². The minimum absolute atomic E-state index is 0.000406. The fraction of sp³-hybridized carbons (Fsp3) is 0.889. The predicted molar refractivity (Wildman–Crippen MR) is 55.3 cm³/mol. The molecule has 0 rings (SSSR count). The Morgan fingerprint density at radius 3 is 2.71 bits per heavy atom. The van der Waals surface area contributed by atoms with Gasteiger partial charge in [0.1, 0.15) is 5.84 Å². The van der Waals surface area contributed by atoms with Crippen molar-refractivity contribution in [3.63, 3.8) is 0 Å². The average Bonchev–Trinajstić information content (AvgIpc) is 2.22. The summed E-state index contributed by atoms with van der Waals surface area (Å²) in [6, 6.07) is 0. The predicted octanol–water partition coefficient (Wildman–Crippen LogP) is 1.05. The number of amidine groups is 1. The van der Waals surface area contributed by atoms with Gasteiger partial charge in [-0.05, 0) is 13.0 Å². The molecule has 0 aliphatic rings. The van der Waals surface area contributed by atoms with Gasteiger partial charge in [0.15, 0.2) is 0 Å². The molecule has 0 aromatic heterocycles. The van der Waals surface area contributed by atoms with E-state index < -0.39 is 0 Å². The van der Waals surface area contributed by atoms with Gasteiger partial charge in [0.05, 0.1) is 6.67 Å². The van der Waals surface area contributed by atoms with Gasteiger partial charge in [0.25, 0.3) is 0 Å². The summed E-state index contributed by atoms with van der Waals surface area (Å²) >= 11 is 0. The molecular weight excluding hydrogens is 185 g/mol.